The standard InChI is InChI=1S/C44H73N15O10S2/c1-3-24(2)35(58-40(66)29(55-36(62)26(46)22-70)19-25-11-5-4-6-12-25)42(68)54-28(14-9-17-51-44(49)50)38(64)56-30(20-33(47)60)39(65)57-31(23-71)43(69)59-18-10-15-32(59)41(67)53-27(13-7-8-16-45)37(63)52-21-34(48)61/h4-6,11-12,24,26-32,35,70-71H,3,7-10,13-23,45-46H2,1-2H3,(H2,47,60)(H2,48,61)(H,52,63)(H,53,67)(H,54,68)(H,55,62)(H,56,64)(H,57,65)(H,58,66)(H4,49,50,51)/t24-,26-,27-,28-,29-,30-,31-,32-,35-/m0/s1. The first-order chi connectivity index (χ1) is 33.7. The largest absolute Gasteiger partial charge is 0.370 e. The van der Waals surface area contributed by atoms with E-state index in [1.807, 2.05) is 0 Å². The molecule has 25 nitrogen and oxygen atoms in total. The van der Waals surface area contributed by atoms with Crippen LogP contribution in [0.1, 0.15) is 77.2 Å². The summed E-state index contributed by atoms with van der Waals surface area (Å²) in [5.41, 5.74) is 33.8. The number of rotatable bonds is 32. The lowest BCUT2D eigenvalue weighted by Crippen LogP contribution is -2.61. The van der Waals surface area contributed by atoms with Crippen molar-refractivity contribution in [3.63, 3.8) is 0 Å². The average Bonchev–Trinajstić information content (AvgIpc) is 3.84. The molecule has 0 radical (unpaired) electrons. The molecule has 1 aromatic carbocycles. The van der Waals surface area contributed by atoms with Crippen molar-refractivity contribution >= 4 is 90.3 Å². The van der Waals surface area contributed by atoms with Crippen LogP contribution in [0.4, 0.5) is 0 Å². The maximum Gasteiger partial charge on any atom is 0.246 e. The molecule has 0 bridgehead atoms. The van der Waals surface area contributed by atoms with Crippen LogP contribution in [0.5, 0.6) is 0 Å². The Kier molecular flexibility index (Phi) is 27.4. The van der Waals surface area contributed by atoms with Crippen molar-refractivity contribution in [2.45, 2.75) is 126 Å². The van der Waals surface area contributed by atoms with E-state index in [0.717, 1.165) is 0 Å². The molecule has 27 heteroatoms. The number of nitrogens with zero attached hydrogens (tertiary/aromatic N) is 2. The molecule has 0 unspecified atom stereocenters. The van der Waals surface area contributed by atoms with Gasteiger partial charge in [-0.25, -0.2) is 0 Å². The summed E-state index contributed by atoms with van der Waals surface area (Å²) in [6.07, 6.45) is 1.43. The number of hydrogen-bond donors (Lipinski definition) is 15. The van der Waals surface area contributed by atoms with Gasteiger partial charge in [-0.1, -0.05) is 50.6 Å². The molecular weight excluding hydrogens is 963 g/mol. The summed E-state index contributed by atoms with van der Waals surface area (Å²) in [6, 6.07) is -1.35. The molecule has 0 aromatic heterocycles. The van der Waals surface area contributed by atoms with E-state index in [4.69, 9.17) is 34.4 Å². The number of nitrogens with one attached hydrogen (secondary N) is 7. The number of thiol groups is 2. The minimum atomic E-state index is -1.70. The number of nitrogens with two attached hydrogens (primary N) is 6. The Labute approximate surface area is 424 Å². The third kappa shape index (κ3) is 21.4. The summed E-state index contributed by atoms with van der Waals surface area (Å²) >= 11 is 8.35. The number of unbranched alkanes of at least 4 members (excludes halogenated alkanes) is 1. The number of guanidine groups is 1. The molecule has 1 saturated heterocycles. The van der Waals surface area contributed by atoms with Gasteiger partial charge in [-0.15, -0.1) is 0 Å². The number of benzene rings is 1. The van der Waals surface area contributed by atoms with Crippen molar-refractivity contribution in [1.82, 2.24) is 42.1 Å². The highest BCUT2D eigenvalue weighted by atomic mass is 32.1. The van der Waals surface area contributed by atoms with Crippen molar-refractivity contribution in [3.8, 4) is 0 Å². The molecule has 10 amide bonds. The molecule has 0 spiro atoms. The maximum absolute atomic E-state index is 14.2. The second-order valence-corrected chi connectivity index (χ2v) is 17.8. The van der Waals surface area contributed by atoms with Crippen LogP contribution in [0.25, 0.3) is 0 Å². The topological polar surface area (TPSA) is 427 Å². The minimum Gasteiger partial charge on any atom is -0.370 e. The van der Waals surface area contributed by atoms with Crippen molar-refractivity contribution in [1.29, 1.82) is 0 Å². The highest BCUT2D eigenvalue weighted by molar-refractivity contribution is 7.80. The normalized spacial score (nSPS) is 16.5. The molecule has 2 rings (SSSR count). The smallest absolute Gasteiger partial charge is 0.246 e. The van der Waals surface area contributed by atoms with E-state index >= 15 is 0 Å². The van der Waals surface area contributed by atoms with Crippen LogP contribution in [-0.4, -0.2) is 156 Å². The minimum absolute atomic E-state index is 0.00514. The van der Waals surface area contributed by atoms with Crippen molar-refractivity contribution in [3.05, 3.63) is 35.9 Å². The Morgan fingerprint density at radius 1 is 0.704 bits per heavy atom. The van der Waals surface area contributed by atoms with Crippen LogP contribution in [0, 0.1) is 5.92 Å². The molecule has 1 aliphatic rings. The van der Waals surface area contributed by atoms with Crippen LogP contribution >= 0.6 is 25.3 Å². The molecule has 0 aliphatic carbocycles. The van der Waals surface area contributed by atoms with Crippen LogP contribution < -0.4 is 71.6 Å². The lowest BCUT2D eigenvalue weighted by molar-refractivity contribution is -0.142. The molecule has 1 heterocycles. The van der Waals surface area contributed by atoms with Gasteiger partial charge >= 0.3 is 0 Å². The maximum atomic E-state index is 14.2. The molecule has 1 aromatic rings. The molecule has 0 saturated carbocycles. The number of carbonyl (C=O) groups excluding carboxylic acids is 10. The predicted octanol–water partition coefficient (Wildman–Crippen LogP) is -4.98. The zero-order valence-electron chi connectivity index (χ0n) is 40.2. The Morgan fingerprint density at radius 3 is 1.89 bits per heavy atom. The Morgan fingerprint density at radius 2 is 1.30 bits per heavy atom. The number of amides is 10. The zero-order chi connectivity index (χ0) is 53.2. The van der Waals surface area contributed by atoms with E-state index in [-0.39, 0.29) is 62.7 Å². The summed E-state index contributed by atoms with van der Waals surface area (Å²) in [7, 11) is 0. The first-order valence-corrected chi connectivity index (χ1v) is 24.7. The van der Waals surface area contributed by atoms with E-state index in [1.54, 1.807) is 44.2 Å². The van der Waals surface area contributed by atoms with Gasteiger partial charge in [-0.3, -0.25) is 52.9 Å². The van der Waals surface area contributed by atoms with Gasteiger partial charge in [0.25, 0.3) is 0 Å². The Hall–Kier alpha value is -6.19. The monoisotopic (exact) mass is 1040 g/mol. The van der Waals surface area contributed by atoms with E-state index in [0.29, 0.717) is 37.8 Å². The second kappa shape index (κ2) is 31.9. The fraction of sp³-hybridized carbons (Fsp3) is 0.614. The molecule has 396 valence electrons. The number of carbonyl (C=O) groups is 10. The summed E-state index contributed by atoms with van der Waals surface area (Å²) in [4.78, 5) is 138. The number of likely N-dealkylation sites (tertiary alicyclic amines) is 1. The molecule has 9 atom stereocenters. The summed E-state index contributed by atoms with van der Waals surface area (Å²) in [5.74, 6) is -9.09. The first kappa shape index (κ1) is 60.9. The van der Waals surface area contributed by atoms with Crippen molar-refractivity contribution in [2.24, 2.45) is 45.3 Å². The second-order valence-electron chi connectivity index (χ2n) is 17.1. The average molecular weight is 1040 g/mol. The van der Waals surface area contributed by atoms with Crippen LogP contribution in [0.2, 0.25) is 0 Å². The lowest BCUT2D eigenvalue weighted by Gasteiger charge is -2.30. The van der Waals surface area contributed by atoms with Gasteiger partial charge in [-0.2, -0.15) is 25.3 Å². The van der Waals surface area contributed by atoms with Gasteiger partial charge in [-0.05, 0) is 63.0 Å². The van der Waals surface area contributed by atoms with E-state index in [9.17, 15) is 47.9 Å². The fourth-order valence-corrected chi connectivity index (χ4v) is 7.79. The van der Waals surface area contributed by atoms with Gasteiger partial charge in [0.15, 0.2) is 5.96 Å². The highest BCUT2D eigenvalue weighted by Crippen LogP contribution is 2.20. The van der Waals surface area contributed by atoms with Crippen LogP contribution in [0.15, 0.2) is 35.3 Å². The van der Waals surface area contributed by atoms with E-state index in [2.05, 4.69) is 67.5 Å². The highest BCUT2D eigenvalue weighted by Gasteiger charge is 2.40. The Bertz CT molecular complexity index is 2020. The van der Waals surface area contributed by atoms with Crippen LogP contribution in [0.3, 0.4) is 0 Å². The molecule has 71 heavy (non-hydrogen) atoms. The molecule has 19 N–H and O–H groups in total. The predicted molar refractivity (Wildman–Crippen MR) is 270 cm³/mol. The van der Waals surface area contributed by atoms with Gasteiger partial charge in [0.1, 0.15) is 42.3 Å². The molecular formula is C44H73N15O10S2. The third-order valence-electron chi connectivity index (χ3n) is 11.5. The SMILES string of the molecule is CC[C@H](C)[C@H](NC(=O)[C@H](Cc1ccccc1)NC(=O)[C@@H](N)CS)C(=O)N[C@@H](CCCN=C(N)N)C(=O)N[C@@H](CC(N)=O)C(=O)N[C@@H](CS)C(=O)N1CCC[C@H]1C(=O)N[C@@H](CCCCN)C(=O)NCC(N)=O. The van der Waals surface area contributed by atoms with Crippen molar-refractivity contribution < 1.29 is 47.9 Å². The Balaban J connectivity index is 2.37. The zero-order valence-corrected chi connectivity index (χ0v) is 42.0. The quantitative estimate of drug-likeness (QED) is 0.0139. The number of primary amides is 2. The lowest BCUT2D eigenvalue weighted by atomic mass is 9.96. The molecule has 1 fully saturated rings. The van der Waals surface area contributed by atoms with Gasteiger partial charge in [0.05, 0.1) is 19.0 Å². The number of aliphatic imine (C=N–C) groups is 1. The van der Waals surface area contributed by atoms with E-state index in [1.165, 1.54) is 4.90 Å². The van der Waals surface area contributed by atoms with Crippen LogP contribution in [-0.2, 0) is 54.4 Å². The first-order valence-electron chi connectivity index (χ1n) is 23.4. The van der Waals surface area contributed by atoms with Gasteiger partial charge < -0.3 is 76.5 Å². The number of hydrogen-bond acceptors (Lipinski definition) is 15. The summed E-state index contributed by atoms with van der Waals surface area (Å²) < 4.78 is 0. The molecule has 1 aliphatic heterocycles. The third-order valence-corrected chi connectivity index (χ3v) is 12.3. The fourth-order valence-electron chi connectivity index (χ4n) is 7.38. The summed E-state index contributed by atoms with van der Waals surface area (Å²) in [6.45, 7) is 3.46. The van der Waals surface area contributed by atoms with Gasteiger partial charge in [0.2, 0.25) is 59.1 Å². The van der Waals surface area contributed by atoms with E-state index < -0.39 is 126 Å². The summed E-state index contributed by atoms with van der Waals surface area (Å²) in [5, 5.41) is 18.0. The van der Waals surface area contributed by atoms with Gasteiger partial charge in [0, 0.05) is 31.0 Å². The van der Waals surface area contributed by atoms with Crippen molar-refractivity contribution in [2.75, 3.05) is 37.7 Å².